The van der Waals surface area contributed by atoms with E-state index in [1.807, 2.05) is 28.9 Å². The summed E-state index contributed by atoms with van der Waals surface area (Å²) in [5, 5.41) is 3.54. The van der Waals surface area contributed by atoms with Crippen LogP contribution in [0.1, 0.15) is 0 Å². The standard InChI is InChI=1S/C17H20N6O/c1-2-14(12-18-3-1)16-17(23-7-4-19-13-15(23)21-16)20-5-6-22-8-10-24-11-9-22/h1-4,7,12-13,20H,5-6,8-11H2. The number of nitrogens with zero attached hydrogens (tertiary/aromatic N) is 5. The van der Waals surface area contributed by atoms with Crippen LogP contribution in [0.2, 0.25) is 0 Å². The molecule has 1 aliphatic heterocycles. The predicted molar refractivity (Wildman–Crippen MR) is 92.0 cm³/mol. The zero-order chi connectivity index (χ0) is 16.2. The molecule has 1 N–H and O–H groups in total. The molecule has 0 aromatic carbocycles. The number of hydrogen-bond acceptors (Lipinski definition) is 6. The van der Waals surface area contributed by atoms with E-state index in [-0.39, 0.29) is 0 Å². The monoisotopic (exact) mass is 324 g/mol. The summed E-state index contributed by atoms with van der Waals surface area (Å²) in [4.78, 5) is 15.5. The number of pyridine rings is 1. The van der Waals surface area contributed by atoms with Crippen molar-refractivity contribution in [1.29, 1.82) is 0 Å². The molecule has 24 heavy (non-hydrogen) atoms. The molecule has 0 unspecified atom stereocenters. The van der Waals surface area contributed by atoms with Crippen LogP contribution in [-0.4, -0.2) is 63.6 Å². The second kappa shape index (κ2) is 6.94. The fraction of sp³-hybridized carbons (Fsp3) is 0.353. The summed E-state index contributed by atoms with van der Waals surface area (Å²) in [6.07, 6.45) is 9.08. The molecule has 0 bridgehead atoms. The van der Waals surface area contributed by atoms with Crippen molar-refractivity contribution >= 4 is 11.5 Å². The first-order chi connectivity index (χ1) is 11.9. The minimum Gasteiger partial charge on any atom is -0.379 e. The number of rotatable bonds is 5. The molecule has 0 saturated carbocycles. The minimum absolute atomic E-state index is 0.822. The van der Waals surface area contributed by atoms with Gasteiger partial charge in [0.15, 0.2) is 5.65 Å². The van der Waals surface area contributed by atoms with Gasteiger partial charge in [0.05, 0.1) is 19.4 Å². The molecule has 4 rings (SSSR count). The number of imidazole rings is 1. The van der Waals surface area contributed by atoms with Crippen molar-refractivity contribution in [2.75, 3.05) is 44.7 Å². The SMILES string of the molecule is c1cncc(-c2nc3cnccn3c2NCCN2CCOCC2)c1. The van der Waals surface area contributed by atoms with E-state index in [0.29, 0.717) is 0 Å². The van der Waals surface area contributed by atoms with Gasteiger partial charge in [0.1, 0.15) is 11.5 Å². The van der Waals surface area contributed by atoms with Crippen LogP contribution < -0.4 is 5.32 Å². The third-order valence-electron chi connectivity index (χ3n) is 4.19. The van der Waals surface area contributed by atoms with Crippen LogP contribution in [0, 0.1) is 0 Å². The van der Waals surface area contributed by atoms with Gasteiger partial charge >= 0.3 is 0 Å². The highest BCUT2D eigenvalue weighted by molar-refractivity contribution is 5.75. The summed E-state index contributed by atoms with van der Waals surface area (Å²) in [5.41, 5.74) is 2.72. The molecular weight excluding hydrogens is 304 g/mol. The number of hydrogen-bond donors (Lipinski definition) is 1. The van der Waals surface area contributed by atoms with Crippen molar-refractivity contribution in [3.8, 4) is 11.3 Å². The van der Waals surface area contributed by atoms with Crippen LogP contribution in [0.5, 0.6) is 0 Å². The third-order valence-corrected chi connectivity index (χ3v) is 4.19. The molecule has 3 aromatic rings. The van der Waals surface area contributed by atoms with E-state index in [2.05, 4.69) is 20.2 Å². The Balaban J connectivity index is 1.58. The molecule has 0 spiro atoms. The van der Waals surface area contributed by atoms with Crippen LogP contribution in [0.15, 0.2) is 43.1 Å². The lowest BCUT2D eigenvalue weighted by Crippen LogP contribution is -2.39. The Morgan fingerprint density at radius 3 is 2.83 bits per heavy atom. The van der Waals surface area contributed by atoms with Gasteiger partial charge in [-0.15, -0.1) is 0 Å². The van der Waals surface area contributed by atoms with Gasteiger partial charge in [0.25, 0.3) is 0 Å². The Kier molecular flexibility index (Phi) is 4.35. The largest absolute Gasteiger partial charge is 0.379 e. The highest BCUT2D eigenvalue weighted by atomic mass is 16.5. The molecule has 4 heterocycles. The molecule has 0 atom stereocenters. The fourth-order valence-electron chi connectivity index (χ4n) is 2.94. The number of fused-ring (bicyclic) bond motifs is 1. The molecule has 0 aliphatic carbocycles. The minimum atomic E-state index is 0.822. The van der Waals surface area contributed by atoms with E-state index in [1.54, 1.807) is 18.6 Å². The molecule has 3 aromatic heterocycles. The van der Waals surface area contributed by atoms with Crippen LogP contribution in [0.25, 0.3) is 16.9 Å². The Morgan fingerprint density at radius 1 is 1.12 bits per heavy atom. The summed E-state index contributed by atoms with van der Waals surface area (Å²) in [6.45, 7) is 5.46. The Labute approximate surface area is 140 Å². The first kappa shape index (κ1) is 15.0. The first-order valence-electron chi connectivity index (χ1n) is 8.18. The summed E-state index contributed by atoms with van der Waals surface area (Å²) < 4.78 is 7.43. The van der Waals surface area contributed by atoms with E-state index in [0.717, 1.165) is 62.1 Å². The summed E-state index contributed by atoms with van der Waals surface area (Å²) in [6, 6.07) is 3.95. The molecule has 7 nitrogen and oxygen atoms in total. The highest BCUT2D eigenvalue weighted by Crippen LogP contribution is 2.27. The lowest BCUT2D eigenvalue weighted by atomic mass is 10.2. The number of nitrogens with one attached hydrogen (secondary N) is 1. The summed E-state index contributed by atoms with van der Waals surface area (Å²) in [5.74, 6) is 0.980. The number of ether oxygens (including phenoxy) is 1. The van der Waals surface area contributed by atoms with Crippen LogP contribution in [-0.2, 0) is 4.74 Å². The Morgan fingerprint density at radius 2 is 2.00 bits per heavy atom. The normalized spacial score (nSPS) is 15.7. The zero-order valence-corrected chi connectivity index (χ0v) is 13.4. The van der Waals surface area contributed by atoms with Crippen LogP contribution in [0.4, 0.5) is 5.82 Å². The molecular formula is C17H20N6O. The van der Waals surface area contributed by atoms with Crippen LogP contribution in [0.3, 0.4) is 0 Å². The molecule has 7 heteroatoms. The lowest BCUT2D eigenvalue weighted by molar-refractivity contribution is 0.0398. The van der Waals surface area contributed by atoms with E-state index in [4.69, 9.17) is 9.72 Å². The second-order valence-corrected chi connectivity index (χ2v) is 5.74. The average molecular weight is 324 g/mol. The van der Waals surface area contributed by atoms with E-state index >= 15 is 0 Å². The van der Waals surface area contributed by atoms with Crippen molar-refractivity contribution in [3.05, 3.63) is 43.1 Å². The zero-order valence-electron chi connectivity index (χ0n) is 13.4. The highest BCUT2D eigenvalue weighted by Gasteiger charge is 2.15. The second-order valence-electron chi connectivity index (χ2n) is 5.74. The maximum Gasteiger partial charge on any atom is 0.157 e. The third kappa shape index (κ3) is 3.08. The Hall–Kier alpha value is -2.51. The van der Waals surface area contributed by atoms with Gasteiger partial charge in [-0.1, -0.05) is 0 Å². The number of anilines is 1. The summed E-state index contributed by atoms with van der Waals surface area (Å²) >= 11 is 0. The van der Waals surface area contributed by atoms with Crippen LogP contribution >= 0.6 is 0 Å². The number of aromatic nitrogens is 4. The molecule has 0 radical (unpaired) electrons. The molecule has 0 amide bonds. The first-order valence-corrected chi connectivity index (χ1v) is 8.18. The quantitative estimate of drug-likeness (QED) is 0.768. The molecule has 124 valence electrons. The summed E-state index contributed by atoms with van der Waals surface area (Å²) in [7, 11) is 0. The predicted octanol–water partition coefficient (Wildman–Crippen LogP) is 1.54. The van der Waals surface area contributed by atoms with E-state index < -0.39 is 0 Å². The smallest absolute Gasteiger partial charge is 0.157 e. The van der Waals surface area contributed by atoms with Crippen molar-refractivity contribution in [3.63, 3.8) is 0 Å². The van der Waals surface area contributed by atoms with Gasteiger partial charge in [0, 0.05) is 56.5 Å². The molecule has 1 aliphatic rings. The van der Waals surface area contributed by atoms with Crippen molar-refractivity contribution < 1.29 is 4.74 Å². The van der Waals surface area contributed by atoms with E-state index in [9.17, 15) is 0 Å². The molecule has 1 saturated heterocycles. The van der Waals surface area contributed by atoms with Gasteiger partial charge in [-0.3, -0.25) is 19.3 Å². The maximum absolute atomic E-state index is 5.40. The Bertz CT molecular complexity index is 797. The van der Waals surface area contributed by atoms with Gasteiger partial charge in [0.2, 0.25) is 0 Å². The lowest BCUT2D eigenvalue weighted by Gasteiger charge is -2.26. The van der Waals surface area contributed by atoms with Gasteiger partial charge < -0.3 is 10.1 Å². The van der Waals surface area contributed by atoms with E-state index in [1.165, 1.54) is 0 Å². The topological polar surface area (TPSA) is 67.6 Å². The van der Waals surface area contributed by atoms with Crippen molar-refractivity contribution in [1.82, 2.24) is 24.3 Å². The average Bonchev–Trinajstić information content (AvgIpc) is 3.02. The van der Waals surface area contributed by atoms with Gasteiger partial charge in [-0.25, -0.2) is 4.98 Å². The molecule has 1 fully saturated rings. The maximum atomic E-state index is 5.40. The fourth-order valence-corrected chi connectivity index (χ4v) is 2.94. The number of morpholine rings is 1. The van der Waals surface area contributed by atoms with Crippen molar-refractivity contribution in [2.45, 2.75) is 0 Å². The van der Waals surface area contributed by atoms with Crippen molar-refractivity contribution in [2.24, 2.45) is 0 Å². The van der Waals surface area contributed by atoms with Gasteiger partial charge in [-0.2, -0.15) is 0 Å². The van der Waals surface area contributed by atoms with Gasteiger partial charge in [-0.05, 0) is 12.1 Å².